The van der Waals surface area contributed by atoms with Gasteiger partial charge in [-0.1, -0.05) is 30.4 Å². The highest BCUT2D eigenvalue weighted by Crippen LogP contribution is 2.16. The van der Waals surface area contributed by atoms with E-state index in [-0.39, 0.29) is 0 Å². The van der Waals surface area contributed by atoms with Gasteiger partial charge in [0.15, 0.2) is 0 Å². The summed E-state index contributed by atoms with van der Waals surface area (Å²) in [4.78, 5) is 0. The van der Waals surface area contributed by atoms with Crippen molar-refractivity contribution in [2.75, 3.05) is 0 Å². The normalized spacial score (nSPS) is 17.6. The SMILES string of the molecule is C=CC1=CC(C)=CC1. The first-order valence-electron chi connectivity index (χ1n) is 2.82. The van der Waals surface area contributed by atoms with Crippen molar-refractivity contribution in [2.45, 2.75) is 13.3 Å². The molecule has 0 saturated heterocycles. The Morgan fingerprint density at radius 2 is 2.50 bits per heavy atom. The molecule has 0 saturated carbocycles. The summed E-state index contributed by atoms with van der Waals surface area (Å²) in [5.41, 5.74) is 2.70. The molecule has 0 aromatic rings. The third kappa shape index (κ3) is 0.890. The first-order chi connectivity index (χ1) is 3.83. The highest BCUT2D eigenvalue weighted by atomic mass is 14.0. The standard InChI is InChI=1S/C8H10/c1-3-8-5-4-7(2)6-8/h3-4,6H,1,5H2,2H3. The Labute approximate surface area is 50.2 Å². The van der Waals surface area contributed by atoms with E-state index in [9.17, 15) is 0 Å². The number of hydrogen-bond acceptors (Lipinski definition) is 0. The minimum Gasteiger partial charge on any atom is -0.0988 e. The van der Waals surface area contributed by atoms with E-state index < -0.39 is 0 Å². The van der Waals surface area contributed by atoms with E-state index in [0.717, 1.165) is 6.42 Å². The van der Waals surface area contributed by atoms with Gasteiger partial charge in [0.05, 0.1) is 0 Å². The first-order valence-corrected chi connectivity index (χ1v) is 2.82. The lowest BCUT2D eigenvalue weighted by atomic mass is 10.2. The maximum atomic E-state index is 3.68. The lowest BCUT2D eigenvalue weighted by Gasteiger charge is -1.83. The van der Waals surface area contributed by atoms with Crippen LogP contribution in [0.25, 0.3) is 0 Å². The van der Waals surface area contributed by atoms with Crippen LogP contribution in [-0.4, -0.2) is 0 Å². The summed E-state index contributed by atoms with van der Waals surface area (Å²) in [6.45, 7) is 5.78. The molecule has 0 amide bonds. The summed E-state index contributed by atoms with van der Waals surface area (Å²) in [5.74, 6) is 0. The van der Waals surface area contributed by atoms with Crippen molar-refractivity contribution in [3.05, 3.63) is 36.0 Å². The van der Waals surface area contributed by atoms with Gasteiger partial charge in [-0.2, -0.15) is 0 Å². The molecule has 0 aromatic heterocycles. The third-order valence-corrected chi connectivity index (χ3v) is 1.33. The monoisotopic (exact) mass is 106 g/mol. The van der Waals surface area contributed by atoms with Gasteiger partial charge in [0.1, 0.15) is 0 Å². The molecular weight excluding hydrogens is 96.1 g/mol. The quantitative estimate of drug-likeness (QED) is 0.481. The zero-order chi connectivity index (χ0) is 5.98. The Hall–Kier alpha value is -0.780. The molecule has 0 N–H and O–H groups in total. The number of hydrogen-bond donors (Lipinski definition) is 0. The van der Waals surface area contributed by atoms with E-state index in [4.69, 9.17) is 0 Å². The van der Waals surface area contributed by atoms with Crippen LogP contribution in [0.2, 0.25) is 0 Å². The molecule has 0 fully saturated rings. The maximum absolute atomic E-state index is 3.68. The summed E-state index contributed by atoms with van der Waals surface area (Å²) in [6, 6.07) is 0. The van der Waals surface area contributed by atoms with Crippen LogP contribution in [0.3, 0.4) is 0 Å². The predicted molar refractivity (Wildman–Crippen MR) is 36.7 cm³/mol. The highest BCUT2D eigenvalue weighted by molar-refractivity contribution is 5.36. The van der Waals surface area contributed by atoms with Gasteiger partial charge in [-0.3, -0.25) is 0 Å². The van der Waals surface area contributed by atoms with Crippen LogP contribution in [0, 0.1) is 0 Å². The Morgan fingerprint density at radius 1 is 1.75 bits per heavy atom. The topological polar surface area (TPSA) is 0 Å². The zero-order valence-electron chi connectivity index (χ0n) is 5.15. The molecule has 1 rings (SSSR count). The van der Waals surface area contributed by atoms with Crippen molar-refractivity contribution in [3.63, 3.8) is 0 Å². The summed E-state index contributed by atoms with van der Waals surface area (Å²) >= 11 is 0. The Balaban J connectivity index is 2.69. The van der Waals surface area contributed by atoms with Gasteiger partial charge < -0.3 is 0 Å². The molecule has 0 nitrogen and oxygen atoms in total. The van der Waals surface area contributed by atoms with Crippen LogP contribution >= 0.6 is 0 Å². The third-order valence-electron chi connectivity index (χ3n) is 1.33. The second kappa shape index (κ2) is 1.99. The van der Waals surface area contributed by atoms with E-state index in [2.05, 4.69) is 25.7 Å². The van der Waals surface area contributed by atoms with Crippen LogP contribution in [0.15, 0.2) is 36.0 Å². The molecule has 0 unspecified atom stereocenters. The lowest BCUT2D eigenvalue weighted by molar-refractivity contribution is 1.33. The molecule has 1 aliphatic carbocycles. The Bertz CT molecular complexity index is 159. The molecule has 0 heteroatoms. The molecule has 1 aliphatic rings. The van der Waals surface area contributed by atoms with Crippen LogP contribution in [0.4, 0.5) is 0 Å². The van der Waals surface area contributed by atoms with Crippen molar-refractivity contribution in [3.8, 4) is 0 Å². The molecule has 42 valence electrons. The highest BCUT2D eigenvalue weighted by Gasteiger charge is 1.96. The van der Waals surface area contributed by atoms with E-state index in [1.54, 1.807) is 0 Å². The molecule has 0 bridgehead atoms. The molecular formula is C8H10. The minimum absolute atomic E-state index is 1.08. The largest absolute Gasteiger partial charge is 0.0988 e. The molecule has 0 spiro atoms. The summed E-state index contributed by atoms with van der Waals surface area (Å²) in [7, 11) is 0. The maximum Gasteiger partial charge on any atom is -0.00918 e. The van der Waals surface area contributed by atoms with Crippen LogP contribution in [-0.2, 0) is 0 Å². The van der Waals surface area contributed by atoms with Gasteiger partial charge >= 0.3 is 0 Å². The van der Waals surface area contributed by atoms with Gasteiger partial charge in [0.25, 0.3) is 0 Å². The van der Waals surface area contributed by atoms with Crippen molar-refractivity contribution >= 4 is 0 Å². The van der Waals surface area contributed by atoms with Gasteiger partial charge in [0, 0.05) is 0 Å². The molecule has 0 radical (unpaired) electrons. The number of rotatable bonds is 1. The van der Waals surface area contributed by atoms with Crippen molar-refractivity contribution < 1.29 is 0 Å². The van der Waals surface area contributed by atoms with Crippen molar-refractivity contribution in [1.82, 2.24) is 0 Å². The molecule has 0 atom stereocenters. The molecule has 0 aliphatic heterocycles. The van der Waals surface area contributed by atoms with Gasteiger partial charge in [-0.05, 0) is 18.9 Å². The van der Waals surface area contributed by atoms with E-state index in [1.165, 1.54) is 11.1 Å². The summed E-state index contributed by atoms with van der Waals surface area (Å²) < 4.78 is 0. The van der Waals surface area contributed by atoms with Crippen molar-refractivity contribution in [2.24, 2.45) is 0 Å². The molecule has 0 heterocycles. The Kier molecular flexibility index (Phi) is 1.34. The fourth-order valence-electron chi connectivity index (χ4n) is 0.831. The lowest BCUT2D eigenvalue weighted by Crippen LogP contribution is -1.63. The fraction of sp³-hybridized carbons (Fsp3) is 0.250. The summed E-state index contributed by atoms with van der Waals surface area (Å²) in [6.07, 6.45) is 7.35. The van der Waals surface area contributed by atoms with Gasteiger partial charge in [0.2, 0.25) is 0 Å². The van der Waals surface area contributed by atoms with Crippen LogP contribution in [0.5, 0.6) is 0 Å². The van der Waals surface area contributed by atoms with Gasteiger partial charge in [-0.15, -0.1) is 0 Å². The average Bonchev–Trinajstić information content (AvgIpc) is 2.14. The van der Waals surface area contributed by atoms with E-state index >= 15 is 0 Å². The van der Waals surface area contributed by atoms with Crippen LogP contribution < -0.4 is 0 Å². The number of allylic oxidation sites excluding steroid dienone is 5. The Morgan fingerprint density at radius 3 is 2.75 bits per heavy atom. The second-order valence-corrected chi connectivity index (χ2v) is 2.08. The summed E-state index contributed by atoms with van der Waals surface area (Å²) in [5, 5.41) is 0. The first kappa shape index (κ1) is 5.36. The van der Waals surface area contributed by atoms with Crippen molar-refractivity contribution in [1.29, 1.82) is 0 Å². The fourth-order valence-corrected chi connectivity index (χ4v) is 0.831. The average molecular weight is 106 g/mol. The zero-order valence-corrected chi connectivity index (χ0v) is 5.15. The van der Waals surface area contributed by atoms with Crippen LogP contribution in [0.1, 0.15) is 13.3 Å². The van der Waals surface area contributed by atoms with E-state index in [1.807, 2.05) is 6.08 Å². The van der Waals surface area contributed by atoms with E-state index in [0.29, 0.717) is 0 Å². The van der Waals surface area contributed by atoms with Gasteiger partial charge in [-0.25, -0.2) is 0 Å². The molecule has 0 aromatic carbocycles. The smallest absolute Gasteiger partial charge is 0.00918 e. The minimum atomic E-state index is 1.08. The molecule has 8 heavy (non-hydrogen) atoms. The second-order valence-electron chi connectivity index (χ2n) is 2.08. The predicted octanol–water partition coefficient (Wildman–Crippen LogP) is 2.45.